The Bertz CT molecular complexity index is 4610. The second-order valence-electron chi connectivity index (χ2n) is 24.6. The molecule has 2 aliphatic carbocycles. The van der Waals surface area contributed by atoms with Gasteiger partial charge in [0.05, 0.1) is 0 Å². The van der Waals surface area contributed by atoms with E-state index >= 15 is 0 Å². The number of rotatable bonds is 9. The van der Waals surface area contributed by atoms with E-state index in [2.05, 4.69) is 332 Å². The van der Waals surface area contributed by atoms with Gasteiger partial charge in [-0.05, 0) is 24.3 Å². The summed E-state index contributed by atoms with van der Waals surface area (Å²) in [6, 6.07) is 103. The van der Waals surface area contributed by atoms with Gasteiger partial charge in [0.2, 0.25) is 0 Å². The molecule has 3 heterocycles. The molecule has 0 spiro atoms. The van der Waals surface area contributed by atoms with Crippen LogP contribution in [0.15, 0.2) is 273 Å². The van der Waals surface area contributed by atoms with Gasteiger partial charge in [-0.15, -0.1) is 0 Å². The van der Waals surface area contributed by atoms with Crippen molar-refractivity contribution in [3.05, 3.63) is 301 Å². The molecule has 12 aromatic rings. The molecule has 0 saturated heterocycles. The molecule has 5 aliphatic rings. The first kappa shape index (κ1) is 49.8. The number of aryl methyl sites for hydroxylation is 1. The topological polar surface area (TPSA) is 16.2 Å². The van der Waals surface area contributed by atoms with E-state index in [-0.39, 0.29) is 10.8 Å². The van der Waals surface area contributed by atoms with Crippen molar-refractivity contribution in [2.45, 2.75) is 45.4 Å². The Morgan fingerprint density at radius 1 is 0.271 bits per heavy atom. The second-order valence-corrected chi connectivity index (χ2v) is 30.0. The van der Waals surface area contributed by atoms with Gasteiger partial charge in [-0.1, -0.05) is 72.8 Å². The SMILES string of the molecule is Cc1ccc(N2c3cccc4[c]3[GeH]3[c]5c2cccc5N(c2ccc5c(c2)-c2ccc(N(c6ccccc6)c6ccccc6)cc2C5(C)C)c2cccc([c]23)N4c2ccc3c(c2)-c2cc(N(c4ccccc4)c4ccccc4)ccc2C3(C)C)cc1. The van der Waals surface area contributed by atoms with Crippen LogP contribution < -0.4 is 37.7 Å². The molecule has 0 aromatic heterocycles. The number of para-hydroxylation sites is 4. The van der Waals surface area contributed by atoms with Gasteiger partial charge in [0.25, 0.3) is 0 Å². The van der Waals surface area contributed by atoms with E-state index in [0.717, 1.165) is 34.1 Å². The molecule has 1 unspecified atom stereocenters. The molecule has 0 amide bonds. The van der Waals surface area contributed by atoms with Crippen molar-refractivity contribution < 1.29 is 0 Å². The zero-order valence-corrected chi connectivity index (χ0v) is 50.7. The van der Waals surface area contributed by atoms with E-state index in [4.69, 9.17) is 0 Å². The number of nitrogens with zero attached hydrogens (tertiary/aromatic N) is 5. The van der Waals surface area contributed by atoms with Gasteiger partial charge in [-0.3, -0.25) is 0 Å². The van der Waals surface area contributed by atoms with E-state index < -0.39 is 14.3 Å². The Kier molecular flexibility index (Phi) is 10.9. The molecular formula is C79H61GeN5. The minimum absolute atomic E-state index is 0.195. The monoisotopic (exact) mass is 1150 g/mol. The van der Waals surface area contributed by atoms with Crippen LogP contribution in [0.5, 0.6) is 0 Å². The van der Waals surface area contributed by atoms with Crippen molar-refractivity contribution in [3.63, 3.8) is 0 Å². The number of hydrogen-bond acceptors (Lipinski definition) is 5. The third-order valence-electron chi connectivity index (χ3n) is 19.2. The van der Waals surface area contributed by atoms with Crippen LogP contribution in [0.2, 0.25) is 0 Å². The number of fused-ring (bicyclic) bond motifs is 6. The van der Waals surface area contributed by atoms with Crippen molar-refractivity contribution in [2.24, 2.45) is 0 Å². The Balaban J connectivity index is 0.850. The quantitative estimate of drug-likeness (QED) is 0.134. The third-order valence-corrected chi connectivity index (χ3v) is 26.5. The molecule has 406 valence electrons. The van der Waals surface area contributed by atoms with Crippen LogP contribution >= 0.6 is 0 Å². The van der Waals surface area contributed by atoms with E-state index in [1.165, 1.54) is 114 Å². The van der Waals surface area contributed by atoms with Gasteiger partial charge in [0, 0.05) is 0 Å². The summed E-state index contributed by atoms with van der Waals surface area (Å²) in [5.74, 6) is 0. The normalized spacial score (nSPS) is 15.4. The summed E-state index contributed by atoms with van der Waals surface area (Å²) in [6.07, 6.45) is 0. The molecule has 6 heteroatoms. The zero-order valence-electron chi connectivity index (χ0n) is 48.3. The van der Waals surface area contributed by atoms with Crippen LogP contribution in [0.25, 0.3) is 22.3 Å². The van der Waals surface area contributed by atoms with Crippen LogP contribution in [0.1, 0.15) is 55.5 Å². The molecule has 5 nitrogen and oxygen atoms in total. The van der Waals surface area contributed by atoms with Gasteiger partial charge >= 0.3 is 409 Å². The minimum atomic E-state index is -2.94. The predicted molar refractivity (Wildman–Crippen MR) is 359 cm³/mol. The van der Waals surface area contributed by atoms with Gasteiger partial charge in [-0.25, -0.2) is 0 Å². The van der Waals surface area contributed by atoms with Crippen LogP contribution in [-0.2, 0) is 10.8 Å². The van der Waals surface area contributed by atoms with Crippen molar-refractivity contribution in [1.82, 2.24) is 0 Å². The summed E-state index contributed by atoms with van der Waals surface area (Å²) >= 11 is -2.94. The molecule has 0 radical (unpaired) electrons. The fraction of sp³-hybridized carbons (Fsp3) is 0.0886. The first-order chi connectivity index (χ1) is 41.6. The molecule has 3 aliphatic heterocycles. The summed E-state index contributed by atoms with van der Waals surface area (Å²) in [7, 11) is 0. The average Bonchev–Trinajstić information content (AvgIpc) is 1.31. The van der Waals surface area contributed by atoms with E-state index in [1.807, 2.05) is 0 Å². The standard InChI is InChI=1S/C79H61GeN5/c1-51-35-37-56(38-36-51)83-69-29-18-31-71-75(69)80-76-70(83)30-19-32-72(76)85(59-42-46-67-64(49-59)63-47-57(40-44-66(63)78(67,2)3)81(52-21-10-6-11-22-52)53-23-12-7-13-24-53)74-34-20-33-73(77(74)80)84(71)58-41-45-65-62(48-58)61-43-39-60(50-68(61)79(65,4)5)82(54-25-14-8-15-26-54)55-27-16-9-17-28-55/h6-50,80H,1-5H3. The van der Waals surface area contributed by atoms with Gasteiger partial charge in [0.1, 0.15) is 0 Å². The molecular weight excluding hydrogens is 1090 g/mol. The summed E-state index contributed by atoms with van der Waals surface area (Å²) in [4.78, 5) is 12.6. The van der Waals surface area contributed by atoms with E-state index in [1.54, 1.807) is 0 Å². The molecule has 0 N–H and O–H groups in total. The first-order valence-corrected chi connectivity index (χ1v) is 33.5. The Morgan fingerprint density at radius 3 is 1.02 bits per heavy atom. The molecule has 17 rings (SSSR count). The predicted octanol–water partition coefficient (Wildman–Crippen LogP) is 19.1. The van der Waals surface area contributed by atoms with Crippen molar-refractivity contribution >= 4 is 113 Å². The van der Waals surface area contributed by atoms with E-state index in [0.29, 0.717) is 0 Å². The van der Waals surface area contributed by atoms with Crippen LogP contribution in [-0.4, -0.2) is 14.3 Å². The number of hydrogen-bond donors (Lipinski definition) is 0. The van der Waals surface area contributed by atoms with Crippen LogP contribution in [0.4, 0.5) is 85.3 Å². The summed E-state index contributed by atoms with van der Waals surface area (Å²) in [5, 5.41) is 0. The molecule has 85 heavy (non-hydrogen) atoms. The zero-order chi connectivity index (χ0) is 56.9. The average molecular weight is 1150 g/mol. The molecule has 0 saturated carbocycles. The Morgan fingerprint density at radius 2 is 0.600 bits per heavy atom. The summed E-state index contributed by atoms with van der Waals surface area (Å²) in [6.45, 7) is 11.8. The molecule has 0 bridgehead atoms. The summed E-state index contributed by atoms with van der Waals surface area (Å²) in [5.41, 5.74) is 29.5. The second kappa shape index (κ2) is 18.6. The van der Waals surface area contributed by atoms with Crippen molar-refractivity contribution in [3.8, 4) is 22.3 Å². The maximum atomic E-state index is 2.63. The molecule has 12 aromatic carbocycles. The Labute approximate surface area is 502 Å². The molecule has 1 atom stereocenters. The van der Waals surface area contributed by atoms with Gasteiger partial charge in [0.15, 0.2) is 0 Å². The van der Waals surface area contributed by atoms with E-state index in [9.17, 15) is 0 Å². The van der Waals surface area contributed by atoms with Gasteiger partial charge in [-0.2, -0.15) is 0 Å². The van der Waals surface area contributed by atoms with Gasteiger partial charge < -0.3 is 0 Å². The number of anilines is 15. The Hall–Kier alpha value is -9.82. The first-order valence-electron chi connectivity index (χ1n) is 29.9. The maximum absolute atomic E-state index is 2.94. The molecule has 0 fully saturated rings. The van der Waals surface area contributed by atoms with Crippen molar-refractivity contribution in [1.29, 1.82) is 0 Å². The van der Waals surface area contributed by atoms with Crippen molar-refractivity contribution in [2.75, 3.05) is 24.5 Å². The third kappa shape index (κ3) is 7.30. The summed E-state index contributed by atoms with van der Waals surface area (Å²) < 4.78 is 4.54. The van der Waals surface area contributed by atoms with Crippen LogP contribution in [0, 0.1) is 6.92 Å². The number of benzene rings is 12. The fourth-order valence-corrected chi connectivity index (χ4v) is 23.6. The fourth-order valence-electron chi connectivity index (χ4n) is 15.3. The van der Waals surface area contributed by atoms with Crippen LogP contribution in [0.3, 0.4) is 0 Å².